The Labute approximate surface area is 243 Å². The maximum Gasteiger partial charge on any atom is 0.269 e. The number of hydrogen-bond donors (Lipinski definition) is 0. The standard InChI is InChI=1S/C31H22BrN3O6/c1-17-15-22(35(40)41)11-12-23(17)34-30(38)25-24-16-20(28(36)18-5-3-2-4-6-18)13-14-33(24)27(26(25)31(34)39)29(37)19-7-9-21(32)10-8-19/h2-16,24-27H,1H3/t24-,25-,26+,27-/m0/s1. The Hall–Kier alpha value is -4.70. The second kappa shape index (κ2) is 10.0. The highest BCUT2D eigenvalue weighted by atomic mass is 79.9. The lowest BCUT2D eigenvalue weighted by Gasteiger charge is -2.33. The Morgan fingerprint density at radius 1 is 0.902 bits per heavy atom. The highest BCUT2D eigenvalue weighted by molar-refractivity contribution is 9.10. The van der Waals surface area contributed by atoms with E-state index in [1.165, 1.54) is 18.2 Å². The van der Waals surface area contributed by atoms with Gasteiger partial charge in [0.1, 0.15) is 6.04 Å². The lowest BCUT2D eigenvalue weighted by atomic mass is 9.85. The number of imide groups is 1. The summed E-state index contributed by atoms with van der Waals surface area (Å²) in [5.74, 6) is -3.60. The van der Waals surface area contributed by atoms with E-state index in [0.717, 1.165) is 9.37 Å². The van der Waals surface area contributed by atoms with Crippen LogP contribution in [0.3, 0.4) is 0 Å². The van der Waals surface area contributed by atoms with E-state index in [1.807, 2.05) is 0 Å². The van der Waals surface area contributed by atoms with Gasteiger partial charge in [-0.3, -0.25) is 29.3 Å². The quantitative estimate of drug-likeness (QED) is 0.166. The van der Waals surface area contributed by atoms with Crippen molar-refractivity contribution in [3.05, 3.63) is 128 Å². The van der Waals surface area contributed by atoms with Gasteiger partial charge in [-0.1, -0.05) is 64.5 Å². The number of hydrogen-bond acceptors (Lipinski definition) is 7. The third-order valence-corrected chi connectivity index (χ3v) is 8.40. The lowest BCUT2D eigenvalue weighted by Crippen LogP contribution is -2.46. The summed E-state index contributed by atoms with van der Waals surface area (Å²) in [4.78, 5) is 68.7. The molecule has 41 heavy (non-hydrogen) atoms. The molecule has 0 aliphatic carbocycles. The molecule has 4 atom stereocenters. The van der Waals surface area contributed by atoms with Crippen LogP contribution >= 0.6 is 15.9 Å². The number of Topliss-reactive ketones (excluding diaryl/α,β-unsaturated/α-hetero) is 2. The molecule has 0 N–H and O–H groups in total. The second-order valence-electron chi connectivity index (χ2n) is 10.2. The minimum atomic E-state index is -1.02. The Morgan fingerprint density at radius 2 is 1.59 bits per heavy atom. The number of halogens is 1. The third-order valence-electron chi connectivity index (χ3n) is 7.88. The second-order valence-corrected chi connectivity index (χ2v) is 11.1. The number of carbonyl (C=O) groups is 4. The van der Waals surface area contributed by atoms with E-state index in [-0.39, 0.29) is 22.9 Å². The third kappa shape index (κ3) is 4.31. The number of carbonyl (C=O) groups excluding carboxylic acids is 4. The fraction of sp³-hybridized carbons (Fsp3) is 0.161. The van der Waals surface area contributed by atoms with Crippen LogP contribution in [0.4, 0.5) is 11.4 Å². The number of allylic oxidation sites excluding steroid dienone is 2. The van der Waals surface area contributed by atoms with Gasteiger partial charge in [-0.2, -0.15) is 0 Å². The number of ketones is 2. The Kier molecular flexibility index (Phi) is 6.50. The zero-order valence-electron chi connectivity index (χ0n) is 21.6. The lowest BCUT2D eigenvalue weighted by molar-refractivity contribution is -0.384. The van der Waals surface area contributed by atoms with Crippen LogP contribution in [0.15, 0.2) is 101 Å². The molecular formula is C31H22BrN3O6. The normalized spacial score (nSPS) is 22.8. The molecule has 2 saturated heterocycles. The van der Waals surface area contributed by atoms with Crippen molar-refractivity contribution < 1.29 is 24.1 Å². The SMILES string of the molecule is Cc1cc([N+](=O)[O-])ccc1N1C(=O)[C@@H]2[C@@H](C1=O)[C@@H]1C=C(C(=O)c3ccccc3)C=CN1[C@@H]2C(=O)c1ccc(Br)cc1. The Morgan fingerprint density at radius 3 is 2.24 bits per heavy atom. The highest BCUT2D eigenvalue weighted by Crippen LogP contribution is 2.47. The molecule has 3 aliphatic heterocycles. The molecule has 10 heteroatoms. The average Bonchev–Trinajstić information content (AvgIpc) is 3.44. The molecule has 0 spiro atoms. The average molecular weight is 612 g/mol. The monoisotopic (exact) mass is 611 g/mol. The molecule has 204 valence electrons. The highest BCUT2D eigenvalue weighted by Gasteiger charge is 2.63. The van der Waals surface area contributed by atoms with Crippen molar-refractivity contribution in [3.63, 3.8) is 0 Å². The largest absolute Gasteiger partial charge is 0.359 e. The molecule has 2 amide bonds. The summed E-state index contributed by atoms with van der Waals surface area (Å²) in [5.41, 5.74) is 1.67. The van der Waals surface area contributed by atoms with Crippen molar-refractivity contribution in [2.24, 2.45) is 11.8 Å². The molecule has 3 aliphatic rings. The van der Waals surface area contributed by atoms with Crippen molar-refractivity contribution in [2.45, 2.75) is 19.0 Å². The van der Waals surface area contributed by atoms with Gasteiger partial charge in [0.05, 0.1) is 28.5 Å². The van der Waals surface area contributed by atoms with Gasteiger partial charge in [-0.25, -0.2) is 4.90 Å². The van der Waals surface area contributed by atoms with E-state index in [9.17, 15) is 29.3 Å². The maximum absolute atomic E-state index is 14.0. The van der Waals surface area contributed by atoms with Crippen LogP contribution in [0.25, 0.3) is 0 Å². The van der Waals surface area contributed by atoms with Gasteiger partial charge in [0.2, 0.25) is 11.8 Å². The minimum absolute atomic E-state index is 0.163. The number of benzene rings is 3. The van der Waals surface area contributed by atoms with Gasteiger partial charge in [-0.05, 0) is 36.8 Å². The minimum Gasteiger partial charge on any atom is -0.359 e. The molecule has 0 aromatic heterocycles. The van der Waals surface area contributed by atoms with Crippen LogP contribution in [0, 0.1) is 28.9 Å². The van der Waals surface area contributed by atoms with Crippen LogP contribution in [0.5, 0.6) is 0 Å². The van der Waals surface area contributed by atoms with Crippen LogP contribution in [0.2, 0.25) is 0 Å². The van der Waals surface area contributed by atoms with E-state index in [2.05, 4.69) is 15.9 Å². The summed E-state index contributed by atoms with van der Waals surface area (Å²) in [5, 5.41) is 11.3. The first-order valence-corrected chi connectivity index (χ1v) is 13.7. The predicted molar refractivity (Wildman–Crippen MR) is 153 cm³/mol. The molecule has 3 aromatic carbocycles. The maximum atomic E-state index is 14.0. The van der Waals surface area contributed by atoms with Crippen molar-refractivity contribution in [3.8, 4) is 0 Å². The van der Waals surface area contributed by atoms with Crippen LogP contribution in [0.1, 0.15) is 26.3 Å². The number of amides is 2. The number of nitrogens with zero attached hydrogens (tertiary/aromatic N) is 3. The molecule has 3 aromatic rings. The predicted octanol–water partition coefficient (Wildman–Crippen LogP) is 5.04. The van der Waals surface area contributed by atoms with Gasteiger partial charge >= 0.3 is 0 Å². The number of aryl methyl sites for hydroxylation is 1. The molecule has 0 radical (unpaired) electrons. The molecule has 0 bridgehead atoms. The fourth-order valence-electron chi connectivity index (χ4n) is 5.98. The van der Waals surface area contributed by atoms with Crippen molar-refractivity contribution in [1.29, 1.82) is 0 Å². The van der Waals surface area contributed by atoms with Crippen LogP contribution in [-0.4, -0.2) is 45.3 Å². The molecule has 0 unspecified atom stereocenters. The molecule has 2 fully saturated rings. The fourth-order valence-corrected chi connectivity index (χ4v) is 6.24. The topological polar surface area (TPSA) is 118 Å². The number of non-ortho nitro benzene ring substituents is 1. The molecule has 9 nitrogen and oxygen atoms in total. The zero-order valence-corrected chi connectivity index (χ0v) is 23.2. The first-order chi connectivity index (χ1) is 19.7. The van der Waals surface area contributed by atoms with E-state index in [4.69, 9.17) is 0 Å². The summed E-state index contributed by atoms with van der Waals surface area (Å²) in [6.07, 6.45) is 4.91. The number of anilines is 1. The van der Waals surface area contributed by atoms with E-state index >= 15 is 0 Å². The summed E-state index contributed by atoms with van der Waals surface area (Å²) in [6, 6.07) is 17.7. The van der Waals surface area contributed by atoms with Crippen LogP contribution < -0.4 is 4.90 Å². The van der Waals surface area contributed by atoms with Gasteiger partial charge in [0.15, 0.2) is 11.6 Å². The number of nitro groups is 1. The van der Waals surface area contributed by atoms with E-state index < -0.39 is 40.7 Å². The van der Waals surface area contributed by atoms with Gasteiger partial charge in [0, 0.05) is 39.5 Å². The number of fused-ring (bicyclic) bond motifs is 3. The van der Waals surface area contributed by atoms with Crippen molar-refractivity contribution >= 4 is 50.7 Å². The molecule has 0 saturated carbocycles. The van der Waals surface area contributed by atoms with Gasteiger partial charge in [-0.15, -0.1) is 0 Å². The number of rotatable bonds is 6. The first kappa shape index (κ1) is 26.5. The van der Waals surface area contributed by atoms with E-state index in [1.54, 1.807) is 84.8 Å². The molecule has 6 rings (SSSR count). The molecule has 3 heterocycles. The molecular weight excluding hydrogens is 590 g/mol. The number of nitro benzene ring substituents is 1. The Bertz CT molecular complexity index is 1700. The summed E-state index contributed by atoms with van der Waals surface area (Å²) in [7, 11) is 0. The van der Waals surface area contributed by atoms with Crippen molar-refractivity contribution in [1.82, 2.24) is 4.90 Å². The van der Waals surface area contributed by atoms with E-state index in [0.29, 0.717) is 22.3 Å². The van der Waals surface area contributed by atoms with Crippen LogP contribution in [-0.2, 0) is 9.59 Å². The Balaban J connectivity index is 1.44. The summed E-state index contributed by atoms with van der Waals surface area (Å²) in [6.45, 7) is 1.59. The van der Waals surface area contributed by atoms with Crippen molar-refractivity contribution in [2.75, 3.05) is 4.90 Å². The van der Waals surface area contributed by atoms with Gasteiger partial charge in [0.25, 0.3) is 5.69 Å². The smallest absolute Gasteiger partial charge is 0.269 e. The summed E-state index contributed by atoms with van der Waals surface area (Å²) >= 11 is 3.37. The first-order valence-electron chi connectivity index (χ1n) is 12.9. The summed E-state index contributed by atoms with van der Waals surface area (Å²) < 4.78 is 0.785. The van der Waals surface area contributed by atoms with Gasteiger partial charge < -0.3 is 4.90 Å². The zero-order chi connectivity index (χ0) is 29.0.